The second-order valence-electron chi connectivity index (χ2n) is 5.31. The summed E-state index contributed by atoms with van der Waals surface area (Å²) in [6, 6.07) is 7.79. The topological polar surface area (TPSA) is 71.5 Å². The maximum atomic E-state index is 12.9. The molecule has 1 aliphatic rings. The minimum atomic E-state index is -3.66. The Hall–Kier alpha value is -1.29. The Balaban J connectivity index is 1.77. The minimum Gasteiger partial charge on any atom is -0.223 e. The quantitative estimate of drug-likeness (QED) is 0.767. The monoisotopic (exact) mass is 375 g/mol. The molecule has 0 spiro atoms. The summed E-state index contributed by atoms with van der Waals surface area (Å²) in [4.78, 5) is 0.882. The molecule has 1 saturated heterocycles. The molecular formula is C14H14FNO4S3. The first-order valence-electron chi connectivity index (χ1n) is 6.77. The van der Waals surface area contributed by atoms with Crippen molar-refractivity contribution >= 4 is 31.2 Å². The Labute approximate surface area is 138 Å². The molecule has 0 aliphatic carbocycles. The van der Waals surface area contributed by atoms with Crippen LogP contribution in [0.2, 0.25) is 0 Å². The van der Waals surface area contributed by atoms with Crippen LogP contribution in [-0.2, 0) is 19.9 Å². The van der Waals surface area contributed by atoms with E-state index < -0.39 is 30.9 Å². The Kier molecular flexibility index (Phi) is 4.07. The maximum Gasteiger partial charge on any atom is 0.252 e. The number of halogens is 1. The molecule has 0 radical (unpaired) electrons. The highest BCUT2D eigenvalue weighted by molar-refractivity contribution is 7.93. The van der Waals surface area contributed by atoms with Crippen molar-refractivity contribution in [2.24, 2.45) is 0 Å². The number of thiophene rings is 1. The molecule has 0 N–H and O–H groups in total. The van der Waals surface area contributed by atoms with E-state index in [0.29, 0.717) is 0 Å². The smallest absolute Gasteiger partial charge is 0.223 e. The number of rotatable bonds is 4. The molecular weight excluding hydrogens is 361 g/mol. The lowest BCUT2D eigenvalue weighted by atomic mass is 10.3. The molecule has 0 atom stereocenters. The number of nitrogens with zero attached hydrogens (tertiary/aromatic N) is 1. The van der Waals surface area contributed by atoms with Crippen LogP contribution in [0.1, 0.15) is 4.88 Å². The zero-order chi connectivity index (χ0) is 16.8. The summed E-state index contributed by atoms with van der Waals surface area (Å²) >= 11 is 1.16. The first-order chi connectivity index (χ1) is 10.7. The molecule has 9 heteroatoms. The Morgan fingerprint density at radius 2 is 1.65 bits per heavy atom. The van der Waals surface area contributed by atoms with Gasteiger partial charge in [0.1, 0.15) is 10.0 Å². The van der Waals surface area contributed by atoms with Crippen molar-refractivity contribution in [3.05, 3.63) is 47.1 Å². The molecule has 0 bridgehead atoms. The number of sulfonamides is 1. The molecule has 23 heavy (non-hydrogen) atoms. The van der Waals surface area contributed by atoms with Crippen LogP contribution in [0, 0.1) is 12.7 Å². The molecule has 124 valence electrons. The largest absolute Gasteiger partial charge is 0.252 e. The number of aryl methyl sites for hydroxylation is 1. The molecule has 3 rings (SSSR count). The fraction of sp³-hybridized carbons (Fsp3) is 0.286. The molecule has 2 aromatic rings. The number of benzene rings is 1. The third-order valence-electron chi connectivity index (χ3n) is 3.71. The standard InChI is InChI=1S/C14H14FNO4S3/c1-10-2-7-14(21-10)23(19,20)16-8-13(9-16)22(17,18)12-5-3-11(15)4-6-12/h2-7,13H,8-9H2,1H3. The number of hydrogen-bond acceptors (Lipinski definition) is 5. The average Bonchev–Trinajstić information content (AvgIpc) is 2.84. The van der Waals surface area contributed by atoms with Gasteiger partial charge in [0.05, 0.1) is 10.1 Å². The third kappa shape index (κ3) is 2.93. The lowest BCUT2D eigenvalue weighted by Crippen LogP contribution is -2.56. The van der Waals surface area contributed by atoms with E-state index in [4.69, 9.17) is 0 Å². The van der Waals surface area contributed by atoms with E-state index in [-0.39, 0.29) is 22.2 Å². The highest BCUT2D eigenvalue weighted by Crippen LogP contribution is 2.31. The predicted molar refractivity (Wildman–Crippen MR) is 85.2 cm³/mol. The van der Waals surface area contributed by atoms with Crippen molar-refractivity contribution in [3.63, 3.8) is 0 Å². The van der Waals surface area contributed by atoms with E-state index in [0.717, 1.165) is 32.7 Å². The van der Waals surface area contributed by atoms with Crippen molar-refractivity contribution < 1.29 is 21.2 Å². The Morgan fingerprint density at radius 3 is 2.17 bits per heavy atom. The molecule has 5 nitrogen and oxygen atoms in total. The molecule has 0 amide bonds. The second kappa shape index (κ2) is 5.66. The molecule has 1 aliphatic heterocycles. The third-order valence-corrected chi connectivity index (χ3v) is 9.11. The molecule has 0 saturated carbocycles. The summed E-state index contributed by atoms with van der Waals surface area (Å²) in [7, 11) is -7.29. The van der Waals surface area contributed by atoms with Gasteiger partial charge in [-0.15, -0.1) is 11.3 Å². The number of sulfone groups is 1. The summed E-state index contributed by atoms with van der Waals surface area (Å²) in [5.74, 6) is -0.519. The molecule has 1 aromatic carbocycles. The van der Waals surface area contributed by atoms with Gasteiger partial charge in [0.2, 0.25) is 0 Å². The van der Waals surface area contributed by atoms with Crippen molar-refractivity contribution in [3.8, 4) is 0 Å². The summed E-state index contributed by atoms with van der Waals surface area (Å²) in [6.07, 6.45) is 0. The zero-order valence-corrected chi connectivity index (χ0v) is 14.6. The van der Waals surface area contributed by atoms with Gasteiger partial charge in [0.25, 0.3) is 10.0 Å². The van der Waals surface area contributed by atoms with Gasteiger partial charge < -0.3 is 0 Å². The SMILES string of the molecule is Cc1ccc(S(=O)(=O)N2CC(S(=O)(=O)c3ccc(F)cc3)C2)s1. The van der Waals surface area contributed by atoms with Crippen LogP contribution in [0.15, 0.2) is 45.5 Å². The van der Waals surface area contributed by atoms with Gasteiger partial charge in [-0.2, -0.15) is 4.31 Å². The van der Waals surface area contributed by atoms with Crippen LogP contribution in [0.3, 0.4) is 0 Å². The van der Waals surface area contributed by atoms with E-state index in [2.05, 4.69) is 0 Å². The van der Waals surface area contributed by atoms with Gasteiger partial charge in [0, 0.05) is 18.0 Å². The fourth-order valence-corrected chi connectivity index (χ4v) is 7.10. The first kappa shape index (κ1) is 16.6. The van der Waals surface area contributed by atoms with Crippen molar-refractivity contribution in [1.82, 2.24) is 4.31 Å². The lowest BCUT2D eigenvalue weighted by molar-refractivity contribution is 0.310. The van der Waals surface area contributed by atoms with Crippen molar-refractivity contribution in [2.75, 3.05) is 13.1 Å². The lowest BCUT2D eigenvalue weighted by Gasteiger charge is -2.37. The van der Waals surface area contributed by atoms with Gasteiger partial charge in [-0.1, -0.05) is 0 Å². The van der Waals surface area contributed by atoms with Gasteiger partial charge in [-0.3, -0.25) is 0 Å². The predicted octanol–water partition coefficient (Wildman–Crippen LogP) is 2.04. The summed E-state index contributed by atoms with van der Waals surface area (Å²) in [5, 5.41) is -0.802. The van der Waals surface area contributed by atoms with E-state index in [1.807, 2.05) is 6.92 Å². The number of hydrogen-bond donors (Lipinski definition) is 0. The van der Waals surface area contributed by atoms with Gasteiger partial charge >= 0.3 is 0 Å². The van der Waals surface area contributed by atoms with E-state index >= 15 is 0 Å². The molecule has 1 fully saturated rings. The van der Waals surface area contributed by atoms with Crippen LogP contribution in [0.4, 0.5) is 4.39 Å². The summed E-state index contributed by atoms with van der Waals surface area (Å²) < 4.78 is 63.8. The zero-order valence-electron chi connectivity index (χ0n) is 12.1. The maximum absolute atomic E-state index is 12.9. The van der Waals surface area contributed by atoms with Gasteiger partial charge in [0.15, 0.2) is 9.84 Å². The van der Waals surface area contributed by atoms with Crippen LogP contribution < -0.4 is 0 Å². The van der Waals surface area contributed by atoms with E-state index in [1.165, 1.54) is 18.2 Å². The summed E-state index contributed by atoms with van der Waals surface area (Å²) in [6.45, 7) is 1.64. The van der Waals surface area contributed by atoms with Crippen LogP contribution in [-0.4, -0.2) is 39.5 Å². The highest BCUT2D eigenvalue weighted by Gasteiger charge is 2.44. The highest BCUT2D eigenvalue weighted by atomic mass is 32.2. The van der Waals surface area contributed by atoms with Gasteiger partial charge in [-0.05, 0) is 43.3 Å². The Bertz CT molecular complexity index is 927. The second-order valence-corrected chi connectivity index (χ2v) is 11.0. The average molecular weight is 375 g/mol. The summed E-state index contributed by atoms with van der Waals surface area (Å²) in [5.41, 5.74) is 0. The molecule has 0 unspecified atom stereocenters. The van der Waals surface area contributed by atoms with E-state index in [1.54, 1.807) is 6.07 Å². The fourth-order valence-electron chi connectivity index (χ4n) is 2.29. The van der Waals surface area contributed by atoms with Gasteiger partial charge in [-0.25, -0.2) is 21.2 Å². The van der Waals surface area contributed by atoms with E-state index in [9.17, 15) is 21.2 Å². The van der Waals surface area contributed by atoms with Crippen LogP contribution >= 0.6 is 11.3 Å². The Morgan fingerprint density at radius 1 is 1.04 bits per heavy atom. The van der Waals surface area contributed by atoms with Crippen LogP contribution in [0.25, 0.3) is 0 Å². The van der Waals surface area contributed by atoms with Crippen molar-refractivity contribution in [1.29, 1.82) is 0 Å². The molecule has 2 heterocycles. The molecule has 1 aromatic heterocycles. The minimum absolute atomic E-state index is 0.00733. The van der Waals surface area contributed by atoms with Crippen LogP contribution in [0.5, 0.6) is 0 Å². The first-order valence-corrected chi connectivity index (χ1v) is 10.6. The van der Waals surface area contributed by atoms with Crippen molar-refractivity contribution in [2.45, 2.75) is 21.3 Å². The normalized spacial score (nSPS) is 17.1.